The second kappa shape index (κ2) is 31.3. The molecule has 49 heavy (non-hydrogen) atoms. The van der Waals surface area contributed by atoms with Gasteiger partial charge in [-0.25, -0.2) is 4.79 Å². The first-order valence-electron chi connectivity index (χ1n) is 19.3. The zero-order valence-corrected chi connectivity index (χ0v) is 31.4. The van der Waals surface area contributed by atoms with Gasteiger partial charge in [0.25, 0.3) is 0 Å². The summed E-state index contributed by atoms with van der Waals surface area (Å²) in [6.45, 7) is 12.9. The van der Waals surface area contributed by atoms with E-state index in [4.69, 9.17) is 18.9 Å². The van der Waals surface area contributed by atoms with Crippen molar-refractivity contribution in [1.82, 2.24) is 9.80 Å². The van der Waals surface area contributed by atoms with Crippen molar-refractivity contribution in [1.29, 1.82) is 0 Å². The SMILES string of the molecule is C=CCC(CC)CCCC(=O)OCC(COC(=O)CCCCCCC/C=C\C/C=C\CCCCC)COC(=O)OCCN1CCN(C)CC1. The Morgan fingerprint density at radius 1 is 0.694 bits per heavy atom. The predicted molar refractivity (Wildman–Crippen MR) is 198 cm³/mol. The van der Waals surface area contributed by atoms with Crippen LogP contribution in [0.15, 0.2) is 37.0 Å². The Kier molecular flexibility index (Phi) is 28.4. The summed E-state index contributed by atoms with van der Waals surface area (Å²) in [5.41, 5.74) is 0. The van der Waals surface area contributed by atoms with Crippen LogP contribution in [0.3, 0.4) is 0 Å². The third-order valence-corrected chi connectivity index (χ3v) is 9.02. The second-order valence-electron chi connectivity index (χ2n) is 13.5. The maximum Gasteiger partial charge on any atom is 0.508 e. The van der Waals surface area contributed by atoms with E-state index in [1.807, 2.05) is 6.08 Å². The van der Waals surface area contributed by atoms with Crippen molar-refractivity contribution in [2.24, 2.45) is 11.8 Å². The molecule has 1 heterocycles. The summed E-state index contributed by atoms with van der Waals surface area (Å²) in [5.74, 6) is -0.534. The van der Waals surface area contributed by atoms with Crippen molar-refractivity contribution in [3.05, 3.63) is 37.0 Å². The minimum atomic E-state index is -0.769. The Hall–Kier alpha value is -2.65. The van der Waals surface area contributed by atoms with E-state index in [0.29, 0.717) is 25.3 Å². The fourth-order valence-corrected chi connectivity index (χ4v) is 5.61. The zero-order valence-electron chi connectivity index (χ0n) is 31.4. The molecule has 0 spiro atoms. The topological polar surface area (TPSA) is 94.6 Å². The average molecular weight is 691 g/mol. The van der Waals surface area contributed by atoms with Gasteiger partial charge in [0.05, 0.1) is 5.92 Å². The molecule has 2 atom stereocenters. The highest BCUT2D eigenvalue weighted by Gasteiger charge is 2.19. The van der Waals surface area contributed by atoms with Crippen molar-refractivity contribution in [3.63, 3.8) is 0 Å². The van der Waals surface area contributed by atoms with E-state index in [9.17, 15) is 14.4 Å². The van der Waals surface area contributed by atoms with Crippen molar-refractivity contribution >= 4 is 18.1 Å². The number of rotatable bonds is 30. The normalized spacial score (nSPS) is 15.3. The van der Waals surface area contributed by atoms with Crippen LogP contribution < -0.4 is 0 Å². The maximum absolute atomic E-state index is 12.5. The van der Waals surface area contributed by atoms with Gasteiger partial charge in [-0.1, -0.05) is 82.8 Å². The highest BCUT2D eigenvalue weighted by molar-refractivity contribution is 5.69. The molecule has 9 nitrogen and oxygen atoms in total. The van der Waals surface area contributed by atoms with Crippen LogP contribution in [0.5, 0.6) is 0 Å². The van der Waals surface area contributed by atoms with Crippen LogP contribution in [0.1, 0.15) is 123 Å². The second-order valence-corrected chi connectivity index (χ2v) is 13.5. The molecule has 2 unspecified atom stereocenters. The molecule has 1 aliphatic rings. The smallest absolute Gasteiger partial charge is 0.465 e. The molecule has 0 amide bonds. The van der Waals surface area contributed by atoms with Gasteiger partial charge in [-0.2, -0.15) is 0 Å². The van der Waals surface area contributed by atoms with Crippen LogP contribution in [-0.4, -0.2) is 94.1 Å². The van der Waals surface area contributed by atoms with Gasteiger partial charge in [-0.3, -0.25) is 14.5 Å². The summed E-state index contributed by atoms with van der Waals surface area (Å²) in [4.78, 5) is 41.7. The van der Waals surface area contributed by atoms with E-state index >= 15 is 0 Å². The Balaban J connectivity index is 2.32. The summed E-state index contributed by atoms with van der Waals surface area (Å²) < 4.78 is 21.6. The number of carbonyl (C=O) groups is 3. The molecule has 0 radical (unpaired) electrons. The first kappa shape index (κ1) is 44.4. The number of ether oxygens (including phenoxy) is 4. The molecule has 0 N–H and O–H groups in total. The summed E-state index contributed by atoms with van der Waals surface area (Å²) in [7, 11) is 2.10. The number of piperazine rings is 1. The van der Waals surface area contributed by atoms with E-state index in [0.717, 1.165) is 96.8 Å². The lowest BCUT2D eigenvalue weighted by atomic mass is 9.96. The van der Waals surface area contributed by atoms with Crippen LogP contribution in [0.2, 0.25) is 0 Å². The highest BCUT2D eigenvalue weighted by atomic mass is 16.7. The van der Waals surface area contributed by atoms with E-state index in [2.05, 4.69) is 61.6 Å². The number of esters is 2. The van der Waals surface area contributed by atoms with E-state index < -0.39 is 12.1 Å². The van der Waals surface area contributed by atoms with Gasteiger partial charge < -0.3 is 23.8 Å². The molecule has 0 aromatic carbocycles. The summed E-state index contributed by atoms with van der Waals surface area (Å²) in [6, 6.07) is 0. The van der Waals surface area contributed by atoms with Crippen molar-refractivity contribution < 1.29 is 33.3 Å². The fourth-order valence-electron chi connectivity index (χ4n) is 5.61. The fraction of sp³-hybridized carbons (Fsp3) is 0.775. The van der Waals surface area contributed by atoms with Gasteiger partial charge in [0.1, 0.15) is 26.4 Å². The third-order valence-electron chi connectivity index (χ3n) is 9.02. The predicted octanol–water partition coefficient (Wildman–Crippen LogP) is 8.68. The molecule has 1 fully saturated rings. The number of unbranched alkanes of at least 4 members (excludes halogenated alkanes) is 8. The monoisotopic (exact) mass is 691 g/mol. The quantitative estimate of drug-likeness (QED) is 0.0318. The van der Waals surface area contributed by atoms with Gasteiger partial charge in [0.15, 0.2) is 0 Å². The lowest BCUT2D eigenvalue weighted by molar-refractivity contribution is -0.150. The van der Waals surface area contributed by atoms with Crippen LogP contribution >= 0.6 is 0 Å². The Bertz CT molecular complexity index is 914. The zero-order chi connectivity index (χ0) is 35.8. The largest absolute Gasteiger partial charge is 0.508 e. The molecule has 282 valence electrons. The van der Waals surface area contributed by atoms with Crippen LogP contribution in [-0.2, 0) is 28.5 Å². The summed E-state index contributed by atoms with van der Waals surface area (Å²) in [6.07, 6.45) is 26.9. The van der Waals surface area contributed by atoms with Crippen molar-refractivity contribution in [2.75, 3.05) is 66.2 Å². The lowest BCUT2D eigenvalue weighted by Crippen LogP contribution is -2.45. The molecule has 0 aromatic rings. The summed E-state index contributed by atoms with van der Waals surface area (Å²) >= 11 is 0. The molecule has 0 aromatic heterocycles. The minimum absolute atomic E-state index is 0.00818. The lowest BCUT2D eigenvalue weighted by Gasteiger charge is -2.31. The molecule has 0 aliphatic carbocycles. The van der Waals surface area contributed by atoms with E-state index in [1.165, 1.54) is 25.7 Å². The Morgan fingerprint density at radius 3 is 1.92 bits per heavy atom. The van der Waals surface area contributed by atoms with Gasteiger partial charge in [0, 0.05) is 45.6 Å². The number of allylic oxidation sites excluding steroid dienone is 5. The summed E-state index contributed by atoms with van der Waals surface area (Å²) in [5, 5.41) is 0. The first-order chi connectivity index (χ1) is 23.9. The van der Waals surface area contributed by atoms with Gasteiger partial charge >= 0.3 is 18.1 Å². The third kappa shape index (κ3) is 26.8. The van der Waals surface area contributed by atoms with Crippen molar-refractivity contribution in [2.45, 2.75) is 123 Å². The molecule has 1 aliphatic heterocycles. The van der Waals surface area contributed by atoms with Gasteiger partial charge in [-0.05, 0) is 70.8 Å². The van der Waals surface area contributed by atoms with Gasteiger partial charge in [0.2, 0.25) is 0 Å². The average Bonchev–Trinajstić information content (AvgIpc) is 3.10. The highest BCUT2D eigenvalue weighted by Crippen LogP contribution is 2.17. The van der Waals surface area contributed by atoms with E-state index in [-0.39, 0.29) is 38.4 Å². The van der Waals surface area contributed by atoms with Crippen molar-refractivity contribution in [3.8, 4) is 0 Å². The minimum Gasteiger partial charge on any atom is -0.465 e. The number of carbonyl (C=O) groups excluding carboxylic acids is 3. The van der Waals surface area contributed by atoms with Crippen LogP contribution in [0.25, 0.3) is 0 Å². The number of nitrogens with zero attached hydrogens (tertiary/aromatic N) is 2. The standard InChI is InChI=1S/C40H70N2O7/c1-5-8-9-10-11-12-13-14-15-16-17-18-19-20-21-25-38(43)47-33-37(34-48-39(44)26-22-24-36(7-3)23-6-2)35-49-40(45)46-32-31-42-29-27-41(4)28-30-42/h6,11-12,14-15,36-37H,2,5,7-10,13,16-35H2,1,3-4H3/b12-11-,15-14-. The van der Waals surface area contributed by atoms with E-state index in [1.54, 1.807) is 0 Å². The Morgan fingerprint density at radius 2 is 1.29 bits per heavy atom. The molecule has 1 rings (SSSR count). The number of hydrogen-bond acceptors (Lipinski definition) is 9. The molecule has 0 bridgehead atoms. The number of likely N-dealkylation sites (N-methyl/N-ethyl adjacent to an activating group) is 1. The van der Waals surface area contributed by atoms with Crippen LogP contribution in [0.4, 0.5) is 4.79 Å². The van der Waals surface area contributed by atoms with Crippen LogP contribution in [0, 0.1) is 11.8 Å². The molecule has 1 saturated heterocycles. The maximum atomic E-state index is 12.5. The molecular formula is C40H70N2O7. The molecule has 9 heteroatoms. The first-order valence-corrected chi connectivity index (χ1v) is 19.3. The van der Waals surface area contributed by atoms with Gasteiger partial charge in [-0.15, -0.1) is 6.58 Å². The molecular weight excluding hydrogens is 620 g/mol. The molecule has 0 saturated carbocycles. The number of hydrogen-bond donors (Lipinski definition) is 0. The Labute approximate surface area is 298 Å².